The van der Waals surface area contributed by atoms with Crippen LogP contribution in [-0.2, 0) is 9.53 Å². The minimum atomic E-state index is -0.680. The first-order chi connectivity index (χ1) is 11.2. The number of hydrogen-bond donors (Lipinski definition) is 1. The quantitative estimate of drug-likeness (QED) is 0.219. The highest BCUT2D eigenvalue weighted by Gasteiger charge is 2.36. The summed E-state index contributed by atoms with van der Waals surface area (Å²) in [6, 6.07) is 0. The average molecular weight is 325 g/mol. The van der Waals surface area contributed by atoms with E-state index >= 15 is 0 Å². The first kappa shape index (κ1) is 20.2. The predicted octanol–water partition coefficient (Wildman–Crippen LogP) is 5.88. The molecule has 2 unspecified atom stereocenters. The van der Waals surface area contributed by atoms with Crippen molar-refractivity contribution in [1.29, 1.82) is 0 Å². The molecule has 0 spiro atoms. The van der Waals surface area contributed by atoms with E-state index in [0.717, 1.165) is 38.5 Å². The molecule has 1 heterocycles. The minimum absolute atomic E-state index is 0.308. The molecule has 2 atom stereocenters. The number of ether oxygens (including phenoxy) is 1. The Kier molecular flexibility index (Phi) is 11.9. The number of rotatable bonds is 16. The Morgan fingerprint density at radius 1 is 0.870 bits per heavy atom. The van der Waals surface area contributed by atoms with Crippen molar-refractivity contribution in [3.05, 3.63) is 12.2 Å². The third-order valence-corrected chi connectivity index (χ3v) is 4.58. The number of carboxylic acids is 1. The van der Waals surface area contributed by atoms with Gasteiger partial charge in [0.05, 0.1) is 12.2 Å². The molecule has 0 amide bonds. The predicted molar refractivity (Wildman–Crippen MR) is 95.7 cm³/mol. The molecule has 0 aromatic rings. The Bertz CT molecular complexity index is 325. The van der Waals surface area contributed by atoms with Gasteiger partial charge in [0.25, 0.3) is 0 Å². The van der Waals surface area contributed by atoms with Gasteiger partial charge in [0.2, 0.25) is 0 Å². The third-order valence-electron chi connectivity index (χ3n) is 4.58. The zero-order valence-corrected chi connectivity index (χ0v) is 15.0. The maximum Gasteiger partial charge on any atom is 0.303 e. The lowest BCUT2D eigenvalue weighted by Crippen LogP contribution is -1.94. The van der Waals surface area contributed by atoms with Crippen molar-refractivity contribution >= 4 is 5.97 Å². The van der Waals surface area contributed by atoms with Gasteiger partial charge < -0.3 is 9.84 Å². The smallest absolute Gasteiger partial charge is 0.303 e. The number of carboxylic acid groups (broad SMARTS) is 1. The van der Waals surface area contributed by atoms with Crippen molar-refractivity contribution < 1.29 is 14.6 Å². The molecule has 1 rings (SSSR count). The summed E-state index contributed by atoms with van der Waals surface area (Å²) in [7, 11) is 0. The van der Waals surface area contributed by atoms with Crippen LogP contribution in [0.4, 0.5) is 0 Å². The summed E-state index contributed by atoms with van der Waals surface area (Å²) < 4.78 is 5.74. The molecule has 3 nitrogen and oxygen atoms in total. The van der Waals surface area contributed by atoms with Gasteiger partial charge in [-0.25, -0.2) is 0 Å². The topological polar surface area (TPSA) is 49.8 Å². The fraction of sp³-hybridized carbons (Fsp3) is 0.850. The maximum atomic E-state index is 10.4. The highest BCUT2D eigenvalue weighted by atomic mass is 16.6. The van der Waals surface area contributed by atoms with E-state index in [9.17, 15) is 4.79 Å². The molecule has 0 bridgehead atoms. The summed E-state index contributed by atoms with van der Waals surface area (Å²) in [5.41, 5.74) is 0. The van der Waals surface area contributed by atoms with E-state index in [1.807, 2.05) is 0 Å². The normalized spacial score (nSPS) is 20.2. The Labute approximate surface area is 142 Å². The summed E-state index contributed by atoms with van der Waals surface area (Å²) in [6.45, 7) is 2.26. The Balaban J connectivity index is 1.81. The zero-order valence-electron chi connectivity index (χ0n) is 15.0. The molecular weight excluding hydrogens is 288 g/mol. The van der Waals surface area contributed by atoms with Crippen molar-refractivity contribution in [1.82, 2.24) is 0 Å². The van der Waals surface area contributed by atoms with Gasteiger partial charge in [-0.3, -0.25) is 4.79 Å². The van der Waals surface area contributed by atoms with Crippen LogP contribution in [0.2, 0.25) is 0 Å². The Hall–Kier alpha value is -0.830. The Morgan fingerprint density at radius 2 is 1.52 bits per heavy atom. The molecule has 1 saturated heterocycles. The van der Waals surface area contributed by atoms with E-state index in [0.29, 0.717) is 18.6 Å². The highest BCUT2D eigenvalue weighted by molar-refractivity contribution is 5.66. The van der Waals surface area contributed by atoms with Gasteiger partial charge in [-0.05, 0) is 38.5 Å². The van der Waals surface area contributed by atoms with Gasteiger partial charge in [-0.1, -0.05) is 64.0 Å². The molecule has 0 aromatic carbocycles. The highest BCUT2D eigenvalue weighted by Crippen LogP contribution is 2.31. The fourth-order valence-corrected chi connectivity index (χ4v) is 3.02. The van der Waals surface area contributed by atoms with E-state index < -0.39 is 5.97 Å². The van der Waals surface area contributed by atoms with Crippen LogP contribution in [0, 0.1) is 0 Å². The lowest BCUT2D eigenvalue weighted by atomic mass is 10.1. The number of hydrogen-bond acceptors (Lipinski definition) is 2. The first-order valence-corrected chi connectivity index (χ1v) is 9.76. The maximum absolute atomic E-state index is 10.4. The van der Waals surface area contributed by atoms with E-state index in [4.69, 9.17) is 9.84 Å². The summed E-state index contributed by atoms with van der Waals surface area (Å²) in [4.78, 5) is 10.4. The van der Waals surface area contributed by atoms with Gasteiger partial charge in [0, 0.05) is 6.42 Å². The second kappa shape index (κ2) is 13.6. The lowest BCUT2D eigenvalue weighted by molar-refractivity contribution is -0.137. The van der Waals surface area contributed by atoms with Crippen LogP contribution in [0.5, 0.6) is 0 Å². The summed E-state index contributed by atoms with van der Waals surface area (Å²) in [6.07, 6.45) is 21.6. The second-order valence-corrected chi connectivity index (χ2v) is 6.81. The van der Waals surface area contributed by atoms with Crippen molar-refractivity contribution in [2.45, 2.75) is 109 Å². The average Bonchev–Trinajstić information content (AvgIpc) is 3.27. The molecule has 0 aliphatic carbocycles. The minimum Gasteiger partial charge on any atom is -0.481 e. The molecule has 0 saturated carbocycles. The van der Waals surface area contributed by atoms with Crippen LogP contribution in [0.25, 0.3) is 0 Å². The van der Waals surface area contributed by atoms with Gasteiger partial charge in [-0.2, -0.15) is 0 Å². The van der Waals surface area contributed by atoms with Crippen LogP contribution in [0.1, 0.15) is 96.8 Å². The summed E-state index contributed by atoms with van der Waals surface area (Å²) in [5, 5.41) is 8.54. The van der Waals surface area contributed by atoms with Gasteiger partial charge in [0.15, 0.2) is 0 Å². The lowest BCUT2D eigenvalue weighted by Gasteiger charge is -1.98. The molecule has 1 aliphatic rings. The number of carbonyl (C=O) groups is 1. The first-order valence-electron chi connectivity index (χ1n) is 9.76. The largest absolute Gasteiger partial charge is 0.481 e. The van der Waals surface area contributed by atoms with Crippen molar-refractivity contribution in [2.75, 3.05) is 0 Å². The molecular formula is C20H36O3. The van der Waals surface area contributed by atoms with E-state index in [1.54, 1.807) is 0 Å². The van der Waals surface area contributed by atoms with E-state index in [2.05, 4.69) is 19.1 Å². The summed E-state index contributed by atoms with van der Waals surface area (Å²) >= 11 is 0. The number of epoxide rings is 1. The van der Waals surface area contributed by atoms with Crippen LogP contribution >= 0.6 is 0 Å². The fourth-order valence-electron chi connectivity index (χ4n) is 3.02. The molecule has 1 aliphatic heterocycles. The number of allylic oxidation sites excluding steroid dienone is 2. The summed E-state index contributed by atoms with van der Waals surface area (Å²) in [5.74, 6) is -0.680. The number of aliphatic carboxylic acids is 1. The Morgan fingerprint density at radius 3 is 2.30 bits per heavy atom. The second-order valence-electron chi connectivity index (χ2n) is 6.81. The zero-order chi connectivity index (χ0) is 16.8. The van der Waals surface area contributed by atoms with Crippen molar-refractivity contribution in [3.8, 4) is 0 Å². The van der Waals surface area contributed by atoms with Crippen molar-refractivity contribution in [3.63, 3.8) is 0 Å². The standard InChI is InChI=1S/C20H36O3/c1-2-3-4-5-9-12-15-18-19(23-18)16-13-10-7-6-8-11-14-17-20(21)22/h7,10,18-19H,2-6,8-9,11-17H2,1H3,(H,21,22)/b10-7-. The van der Waals surface area contributed by atoms with E-state index in [1.165, 1.54) is 44.9 Å². The van der Waals surface area contributed by atoms with E-state index in [-0.39, 0.29) is 0 Å². The van der Waals surface area contributed by atoms with Crippen LogP contribution < -0.4 is 0 Å². The van der Waals surface area contributed by atoms with Crippen LogP contribution in [0.3, 0.4) is 0 Å². The molecule has 0 aromatic heterocycles. The van der Waals surface area contributed by atoms with Gasteiger partial charge in [0.1, 0.15) is 0 Å². The molecule has 1 N–H and O–H groups in total. The molecule has 3 heteroatoms. The third kappa shape index (κ3) is 12.3. The molecule has 23 heavy (non-hydrogen) atoms. The SMILES string of the molecule is CCCCCCCCC1OC1CC/C=C\CCCCCC(=O)O. The molecule has 0 radical (unpaired) electrons. The van der Waals surface area contributed by atoms with Crippen molar-refractivity contribution in [2.24, 2.45) is 0 Å². The number of unbranched alkanes of at least 4 members (excludes halogenated alkanes) is 8. The van der Waals surface area contributed by atoms with Gasteiger partial charge in [-0.15, -0.1) is 0 Å². The molecule has 1 fully saturated rings. The van der Waals surface area contributed by atoms with Gasteiger partial charge >= 0.3 is 5.97 Å². The monoisotopic (exact) mass is 324 g/mol. The molecule has 134 valence electrons. The van der Waals surface area contributed by atoms with Crippen LogP contribution in [-0.4, -0.2) is 23.3 Å². The van der Waals surface area contributed by atoms with Crippen LogP contribution in [0.15, 0.2) is 12.2 Å².